The van der Waals surface area contributed by atoms with Crippen LogP contribution in [0.15, 0.2) is 41.3 Å². The van der Waals surface area contributed by atoms with Gasteiger partial charge < -0.3 is 9.47 Å². The average Bonchev–Trinajstić information content (AvgIpc) is 2.65. The summed E-state index contributed by atoms with van der Waals surface area (Å²) in [5.41, 5.74) is 2.19. The number of aryl methyl sites for hydroxylation is 2. The highest BCUT2D eigenvalue weighted by atomic mass is 35.5. The van der Waals surface area contributed by atoms with Crippen molar-refractivity contribution in [2.45, 2.75) is 18.7 Å². The molecular formula is C19H20ClNO5S. The van der Waals surface area contributed by atoms with Crippen LogP contribution < -0.4 is 4.74 Å². The van der Waals surface area contributed by atoms with Gasteiger partial charge in [0.1, 0.15) is 10.6 Å². The molecular weight excluding hydrogens is 390 g/mol. The third-order valence-electron chi connectivity index (χ3n) is 4.44. The van der Waals surface area contributed by atoms with Crippen LogP contribution in [-0.4, -0.2) is 45.0 Å². The Balaban J connectivity index is 1.88. The Morgan fingerprint density at radius 2 is 1.78 bits per heavy atom. The molecule has 0 atom stereocenters. The molecule has 8 heteroatoms. The lowest BCUT2D eigenvalue weighted by atomic mass is 10.1. The molecule has 0 saturated carbocycles. The normalized spacial score (nSPS) is 15.5. The van der Waals surface area contributed by atoms with Crippen molar-refractivity contribution in [1.29, 1.82) is 0 Å². The maximum absolute atomic E-state index is 12.9. The van der Waals surface area contributed by atoms with Gasteiger partial charge >= 0.3 is 5.97 Å². The molecule has 1 saturated heterocycles. The first-order valence-electron chi connectivity index (χ1n) is 8.46. The molecule has 1 aliphatic rings. The van der Waals surface area contributed by atoms with Crippen LogP contribution in [0.5, 0.6) is 5.75 Å². The van der Waals surface area contributed by atoms with E-state index in [9.17, 15) is 13.2 Å². The maximum Gasteiger partial charge on any atom is 0.343 e. The zero-order chi connectivity index (χ0) is 19.6. The van der Waals surface area contributed by atoms with Gasteiger partial charge in [0.15, 0.2) is 0 Å². The lowest BCUT2D eigenvalue weighted by molar-refractivity contribution is 0.0727. The van der Waals surface area contributed by atoms with E-state index >= 15 is 0 Å². The van der Waals surface area contributed by atoms with Gasteiger partial charge in [0.05, 0.1) is 23.8 Å². The Morgan fingerprint density at radius 1 is 1.07 bits per heavy atom. The lowest BCUT2D eigenvalue weighted by Crippen LogP contribution is -2.40. The van der Waals surface area contributed by atoms with Crippen molar-refractivity contribution in [3.8, 4) is 5.75 Å². The molecule has 1 fully saturated rings. The van der Waals surface area contributed by atoms with E-state index in [4.69, 9.17) is 21.1 Å². The molecule has 0 radical (unpaired) electrons. The number of carbonyl (C=O) groups is 1. The molecule has 0 unspecified atom stereocenters. The van der Waals surface area contributed by atoms with Crippen LogP contribution in [0.25, 0.3) is 0 Å². The van der Waals surface area contributed by atoms with Crippen LogP contribution >= 0.6 is 11.6 Å². The Morgan fingerprint density at radius 3 is 2.44 bits per heavy atom. The highest BCUT2D eigenvalue weighted by Crippen LogP contribution is 2.27. The van der Waals surface area contributed by atoms with Crippen molar-refractivity contribution in [3.05, 3.63) is 58.1 Å². The Hall–Kier alpha value is -1.93. The van der Waals surface area contributed by atoms with Gasteiger partial charge in [0.25, 0.3) is 0 Å². The fourth-order valence-corrected chi connectivity index (χ4v) is 4.61. The minimum atomic E-state index is -3.82. The number of rotatable bonds is 4. The van der Waals surface area contributed by atoms with E-state index in [1.54, 1.807) is 12.1 Å². The van der Waals surface area contributed by atoms with Crippen LogP contribution in [0.2, 0.25) is 5.02 Å². The summed E-state index contributed by atoms with van der Waals surface area (Å²) in [6, 6.07) is 9.41. The second-order valence-corrected chi connectivity index (χ2v) is 8.61. The smallest absolute Gasteiger partial charge is 0.343 e. The number of esters is 1. The van der Waals surface area contributed by atoms with Gasteiger partial charge in [-0.3, -0.25) is 0 Å². The molecule has 0 amide bonds. The molecule has 2 aromatic rings. The number of morpholine rings is 1. The summed E-state index contributed by atoms with van der Waals surface area (Å²) in [6.45, 7) is 5.02. The van der Waals surface area contributed by atoms with Crippen LogP contribution in [0.3, 0.4) is 0 Å². The van der Waals surface area contributed by atoms with Gasteiger partial charge in [-0.05, 0) is 55.3 Å². The number of ether oxygens (including phenoxy) is 2. The second kappa shape index (κ2) is 7.98. The van der Waals surface area contributed by atoms with Crippen molar-refractivity contribution in [2.24, 2.45) is 0 Å². The van der Waals surface area contributed by atoms with E-state index in [2.05, 4.69) is 0 Å². The number of hydrogen-bond donors (Lipinski definition) is 0. The van der Waals surface area contributed by atoms with Crippen LogP contribution in [0, 0.1) is 13.8 Å². The van der Waals surface area contributed by atoms with Crippen molar-refractivity contribution in [1.82, 2.24) is 4.31 Å². The number of carbonyl (C=O) groups excluding carboxylic acids is 1. The van der Waals surface area contributed by atoms with Gasteiger partial charge in [-0.1, -0.05) is 17.7 Å². The van der Waals surface area contributed by atoms with Crippen LogP contribution in [-0.2, 0) is 14.8 Å². The Labute approximate surface area is 163 Å². The van der Waals surface area contributed by atoms with Gasteiger partial charge in [0.2, 0.25) is 10.0 Å². The summed E-state index contributed by atoms with van der Waals surface area (Å²) < 4.78 is 37.6. The van der Waals surface area contributed by atoms with E-state index in [0.29, 0.717) is 19.0 Å². The van der Waals surface area contributed by atoms with Crippen molar-refractivity contribution in [2.75, 3.05) is 26.3 Å². The minimum absolute atomic E-state index is 0.0595. The third-order valence-corrected chi connectivity index (χ3v) is 6.82. The summed E-state index contributed by atoms with van der Waals surface area (Å²) in [7, 11) is -3.82. The highest BCUT2D eigenvalue weighted by Gasteiger charge is 2.29. The monoisotopic (exact) mass is 409 g/mol. The van der Waals surface area contributed by atoms with E-state index in [1.165, 1.54) is 22.5 Å². The van der Waals surface area contributed by atoms with E-state index < -0.39 is 16.0 Å². The van der Waals surface area contributed by atoms with Crippen molar-refractivity contribution >= 4 is 27.6 Å². The van der Waals surface area contributed by atoms with E-state index in [1.807, 2.05) is 19.9 Å². The van der Waals surface area contributed by atoms with Gasteiger partial charge in [-0.15, -0.1) is 0 Å². The SMILES string of the molecule is Cc1ccc(OC(=O)c2ccc(Cl)c(S(=O)(=O)N3CCOCC3)c2)cc1C. The zero-order valence-corrected chi connectivity index (χ0v) is 16.6. The summed E-state index contributed by atoms with van der Waals surface area (Å²) in [6.07, 6.45) is 0. The fraction of sp³-hybridized carbons (Fsp3) is 0.316. The molecule has 27 heavy (non-hydrogen) atoms. The Bertz CT molecular complexity index is 968. The summed E-state index contributed by atoms with van der Waals surface area (Å²) in [4.78, 5) is 12.4. The van der Waals surface area contributed by atoms with Gasteiger partial charge in [0, 0.05) is 13.1 Å². The average molecular weight is 410 g/mol. The maximum atomic E-state index is 12.9. The molecule has 1 heterocycles. The molecule has 6 nitrogen and oxygen atoms in total. The first-order valence-corrected chi connectivity index (χ1v) is 10.3. The number of hydrogen-bond acceptors (Lipinski definition) is 5. The number of benzene rings is 2. The molecule has 0 spiro atoms. The molecule has 144 valence electrons. The predicted molar refractivity (Wildman–Crippen MR) is 102 cm³/mol. The topological polar surface area (TPSA) is 72.9 Å². The highest BCUT2D eigenvalue weighted by molar-refractivity contribution is 7.89. The standard InChI is InChI=1S/C19H20ClNO5S/c1-13-3-5-16(11-14(13)2)26-19(22)15-4-6-17(20)18(12-15)27(23,24)21-7-9-25-10-8-21/h3-6,11-12H,7-10H2,1-2H3. The molecule has 1 aliphatic heterocycles. The van der Waals surface area contributed by atoms with E-state index in [0.717, 1.165) is 11.1 Å². The third kappa shape index (κ3) is 4.32. The number of nitrogens with zero attached hydrogens (tertiary/aromatic N) is 1. The van der Waals surface area contributed by atoms with E-state index in [-0.39, 0.29) is 28.6 Å². The lowest BCUT2D eigenvalue weighted by Gasteiger charge is -2.26. The molecule has 2 aromatic carbocycles. The minimum Gasteiger partial charge on any atom is -0.423 e. The van der Waals surface area contributed by atoms with Crippen LogP contribution in [0.1, 0.15) is 21.5 Å². The fourth-order valence-electron chi connectivity index (χ4n) is 2.70. The number of halogens is 1. The summed E-state index contributed by atoms with van der Waals surface area (Å²) in [5, 5.41) is 0.0595. The molecule has 0 bridgehead atoms. The van der Waals surface area contributed by atoms with Crippen LogP contribution in [0.4, 0.5) is 0 Å². The molecule has 0 aromatic heterocycles. The zero-order valence-electron chi connectivity index (χ0n) is 15.1. The van der Waals surface area contributed by atoms with Gasteiger partial charge in [-0.25, -0.2) is 13.2 Å². The quantitative estimate of drug-likeness (QED) is 0.572. The Kier molecular flexibility index (Phi) is 5.86. The molecule has 0 N–H and O–H groups in total. The summed E-state index contributed by atoms with van der Waals surface area (Å²) in [5.74, 6) is -0.246. The van der Waals surface area contributed by atoms with Crippen molar-refractivity contribution in [3.63, 3.8) is 0 Å². The second-order valence-electron chi connectivity index (χ2n) is 6.30. The summed E-state index contributed by atoms with van der Waals surface area (Å²) >= 11 is 6.11. The largest absolute Gasteiger partial charge is 0.423 e. The number of sulfonamides is 1. The van der Waals surface area contributed by atoms with Crippen molar-refractivity contribution < 1.29 is 22.7 Å². The predicted octanol–water partition coefficient (Wildman–Crippen LogP) is 3.20. The van der Waals surface area contributed by atoms with Gasteiger partial charge in [-0.2, -0.15) is 4.31 Å². The first kappa shape index (κ1) is 19.8. The molecule has 3 rings (SSSR count). The first-order chi connectivity index (χ1) is 12.8. The molecule has 0 aliphatic carbocycles.